The van der Waals surface area contributed by atoms with Crippen molar-refractivity contribution in [3.8, 4) is 5.75 Å². The number of rotatable bonds is 9. The van der Waals surface area contributed by atoms with Gasteiger partial charge < -0.3 is 24.8 Å². The SMILES string of the molecule is CC(C)(C)OC(=O)N[C@H]1CC[C@H](Nc2ccc(F)cc2OCOCC[Si](C)(C)C)CC1. The lowest BCUT2D eigenvalue weighted by Crippen LogP contribution is -2.42. The third-order valence-electron chi connectivity index (χ3n) is 5.05. The summed E-state index contributed by atoms with van der Waals surface area (Å²) in [5.74, 6) is 0.120. The van der Waals surface area contributed by atoms with Crippen LogP contribution in [0.4, 0.5) is 14.9 Å². The standard InChI is InChI=1S/C23H39FN2O4Si/c1-23(2,3)30-22(27)26-19-10-8-18(9-11-19)25-20-12-7-17(24)15-21(20)29-16-28-13-14-31(4,5)6/h7,12,15,18-19,25H,8-11,13-14,16H2,1-6H3,(H,26,27)/t18-,19-. The van der Waals surface area contributed by atoms with Gasteiger partial charge in [0.25, 0.3) is 0 Å². The van der Waals surface area contributed by atoms with Crippen molar-refractivity contribution in [2.24, 2.45) is 0 Å². The Bertz CT molecular complexity index is 711. The molecule has 1 amide bonds. The van der Waals surface area contributed by atoms with Gasteiger partial charge in [-0.15, -0.1) is 0 Å². The number of benzene rings is 1. The number of carbonyl (C=O) groups is 1. The van der Waals surface area contributed by atoms with E-state index in [1.807, 2.05) is 20.8 Å². The number of alkyl carbamates (subject to hydrolysis) is 1. The topological polar surface area (TPSA) is 68.8 Å². The van der Waals surface area contributed by atoms with Crippen molar-refractivity contribution in [2.45, 2.75) is 89.8 Å². The lowest BCUT2D eigenvalue weighted by Gasteiger charge is -2.31. The van der Waals surface area contributed by atoms with Crippen LogP contribution in [-0.4, -0.2) is 45.3 Å². The number of ether oxygens (including phenoxy) is 3. The van der Waals surface area contributed by atoms with Gasteiger partial charge in [-0.1, -0.05) is 19.6 Å². The Morgan fingerprint density at radius 3 is 2.39 bits per heavy atom. The van der Waals surface area contributed by atoms with E-state index in [-0.39, 0.29) is 30.8 Å². The molecule has 0 bridgehead atoms. The summed E-state index contributed by atoms with van der Waals surface area (Å²) in [4.78, 5) is 12.0. The Labute approximate surface area is 187 Å². The molecule has 0 atom stereocenters. The molecule has 0 aliphatic heterocycles. The zero-order valence-corrected chi connectivity index (χ0v) is 20.8. The minimum Gasteiger partial charge on any atom is -0.465 e. The molecule has 1 fully saturated rings. The number of anilines is 1. The van der Waals surface area contributed by atoms with E-state index in [4.69, 9.17) is 14.2 Å². The Morgan fingerprint density at radius 1 is 1.13 bits per heavy atom. The van der Waals surface area contributed by atoms with Crippen LogP contribution in [0.1, 0.15) is 46.5 Å². The van der Waals surface area contributed by atoms with E-state index in [0.29, 0.717) is 12.4 Å². The van der Waals surface area contributed by atoms with Crippen LogP contribution in [-0.2, 0) is 9.47 Å². The first-order valence-electron chi connectivity index (χ1n) is 11.2. The van der Waals surface area contributed by atoms with Gasteiger partial charge in [0.2, 0.25) is 0 Å². The molecule has 1 aliphatic carbocycles. The Balaban J connectivity index is 1.81. The van der Waals surface area contributed by atoms with Crippen molar-refractivity contribution >= 4 is 19.9 Å². The van der Waals surface area contributed by atoms with Crippen LogP contribution < -0.4 is 15.4 Å². The zero-order valence-electron chi connectivity index (χ0n) is 19.8. The van der Waals surface area contributed by atoms with Gasteiger partial charge in [0.05, 0.1) is 5.69 Å². The summed E-state index contributed by atoms with van der Waals surface area (Å²) in [5.41, 5.74) is 0.263. The van der Waals surface area contributed by atoms with Crippen LogP contribution in [0.5, 0.6) is 5.75 Å². The summed E-state index contributed by atoms with van der Waals surface area (Å²) in [6, 6.07) is 5.92. The van der Waals surface area contributed by atoms with Crippen molar-refractivity contribution in [3.63, 3.8) is 0 Å². The summed E-state index contributed by atoms with van der Waals surface area (Å²) in [5, 5.41) is 6.42. The normalized spacial score (nSPS) is 19.6. The minimum atomic E-state index is -1.15. The van der Waals surface area contributed by atoms with E-state index < -0.39 is 13.7 Å². The number of hydrogen-bond donors (Lipinski definition) is 2. The number of nitrogens with one attached hydrogen (secondary N) is 2. The molecule has 2 rings (SSSR count). The molecular formula is C23H39FN2O4Si. The van der Waals surface area contributed by atoms with Gasteiger partial charge in [0.1, 0.15) is 17.2 Å². The molecule has 0 heterocycles. The Kier molecular flexibility index (Phi) is 9.18. The van der Waals surface area contributed by atoms with Crippen LogP contribution in [0.3, 0.4) is 0 Å². The van der Waals surface area contributed by atoms with E-state index in [1.165, 1.54) is 12.1 Å². The molecule has 0 unspecified atom stereocenters. The second-order valence-corrected chi connectivity index (χ2v) is 16.1. The predicted octanol–water partition coefficient (Wildman–Crippen LogP) is 5.76. The lowest BCUT2D eigenvalue weighted by molar-refractivity contribution is 0.0223. The van der Waals surface area contributed by atoms with E-state index in [9.17, 15) is 9.18 Å². The molecule has 0 saturated heterocycles. The molecule has 2 N–H and O–H groups in total. The Hall–Kier alpha value is -1.80. The molecule has 0 radical (unpaired) electrons. The van der Waals surface area contributed by atoms with Gasteiger partial charge in [-0.25, -0.2) is 9.18 Å². The van der Waals surface area contributed by atoms with Crippen LogP contribution in [0.15, 0.2) is 18.2 Å². The molecule has 1 aromatic carbocycles. The van der Waals surface area contributed by atoms with Crippen molar-refractivity contribution in [3.05, 3.63) is 24.0 Å². The first-order valence-corrected chi connectivity index (χ1v) is 14.9. The van der Waals surface area contributed by atoms with Gasteiger partial charge in [-0.2, -0.15) is 0 Å². The van der Waals surface area contributed by atoms with Crippen LogP contribution in [0, 0.1) is 5.82 Å². The van der Waals surface area contributed by atoms with Crippen molar-refractivity contribution in [2.75, 3.05) is 18.7 Å². The van der Waals surface area contributed by atoms with Gasteiger partial charge in [0.15, 0.2) is 6.79 Å². The molecular weight excluding hydrogens is 415 g/mol. The molecule has 6 nitrogen and oxygen atoms in total. The fourth-order valence-corrected chi connectivity index (χ4v) is 4.11. The number of carbonyl (C=O) groups excluding carboxylic acids is 1. The van der Waals surface area contributed by atoms with E-state index in [0.717, 1.165) is 37.4 Å². The first kappa shape index (κ1) is 25.5. The molecule has 1 saturated carbocycles. The van der Waals surface area contributed by atoms with Crippen molar-refractivity contribution in [1.82, 2.24) is 5.32 Å². The zero-order chi connectivity index (χ0) is 23.1. The summed E-state index contributed by atoms with van der Waals surface area (Å²) < 4.78 is 30.4. The number of halogens is 1. The average Bonchev–Trinajstić information content (AvgIpc) is 2.62. The quantitative estimate of drug-likeness (QED) is 0.282. The molecule has 1 aliphatic rings. The number of amides is 1. The summed E-state index contributed by atoms with van der Waals surface area (Å²) in [6.07, 6.45) is 3.13. The monoisotopic (exact) mass is 454 g/mol. The highest BCUT2D eigenvalue weighted by Crippen LogP contribution is 2.29. The maximum Gasteiger partial charge on any atom is 0.407 e. The van der Waals surface area contributed by atoms with Crippen LogP contribution >= 0.6 is 0 Å². The summed E-state index contributed by atoms with van der Waals surface area (Å²) in [7, 11) is -1.15. The molecule has 8 heteroatoms. The molecule has 31 heavy (non-hydrogen) atoms. The predicted molar refractivity (Wildman–Crippen MR) is 125 cm³/mol. The summed E-state index contributed by atoms with van der Waals surface area (Å²) in [6.45, 7) is 13.2. The second kappa shape index (κ2) is 11.2. The average molecular weight is 455 g/mol. The van der Waals surface area contributed by atoms with Gasteiger partial charge in [-0.3, -0.25) is 0 Å². The smallest absolute Gasteiger partial charge is 0.407 e. The van der Waals surface area contributed by atoms with Gasteiger partial charge in [-0.05, 0) is 64.6 Å². The molecule has 1 aromatic rings. The summed E-state index contributed by atoms with van der Waals surface area (Å²) >= 11 is 0. The van der Waals surface area contributed by atoms with Crippen LogP contribution in [0.2, 0.25) is 25.7 Å². The van der Waals surface area contributed by atoms with Crippen molar-refractivity contribution in [1.29, 1.82) is 0 Å². The van der Waals surface area contributed by atoms with E-state index >= 15 is 0 Å². The number of hydrogen-bond acceptors (Lipinski definition) is 5. The third-order valence-corrected chi connectivity index (χ3v) is 6.75. The largest absolute Gasteiger partial charge is 0.465 e. The maximum atomic E-state index is 13.8. The van der Waals surface area contributed by atoms with Crippen LogP contribution in [0.25, 0.3) is 0 Å². The Morgan fingerprint density at radius 2 is 1.77 bits per heavy atom. The highest BCUT2D eigenvalue weighted by atomic mass is 28.3. The molecule has 176 valence electrons. The molecule has 0 spiro atoms. The second-order valence-electron chi connectivity index (χ2n) is 10.5. The molecule has 0 aromatic heterocycles. The lowest BCUT2D eigenvalue weighted by atomic mass is 9.91. The van der Waals surface area contributed by atoms with Gasteiger partial charge >= 0.3 is 6.09 Å². The third kappa shape index (κ3) is 10.4. The van der Waals surface area contributed by atoms with E-state index in [2.05, 4.69) is 30.3 Å². The van der Waals surface area contributed by atoms with Crippen molar-refractivity contribution < 1.29 is 23.4 Å². The fraction of sp³-hybridized carbons (Fsp3) is 0.696. The highest BCUT2D eigenvalue weighted by molar-refractivity contribution is 6.76. The maximum absolute atomic E-state index is 13.8. The van der Waals surface area contributed by atoms with E-state index in [1.54, 1.807) is 6.07 Å². The highest BCUT2D eigenvalue weighted by Gasteiger charge is 2.25. The van der Waals surface area contributed by atoms with Gasteiger partial charge in [0, 0.05) is 32.8 Å². The first-order chi connectivity index (χ1) is 14.4. The minimum absolute atomic E-state index is 0.106. The fourth-order valence-electron chi connectivity index (χ4n) is 3.35.